The van der Waals surface area contributed by atoms with Gasteiger partial charge in [0.2, 0.25) is 0 Å². The number of ether oxygens (including phenoxy) is 1. The van der Waals surface area contributed by atoms with Crippen LogP contribution in [0.1, 0.15) is 22.5 Å². The maximum Gasteiger partial charge on any atom is 0.271 e. The van der Waals surface area contributed by atoms with E-state index < -0.39 is 0 Å². The normalized spacial score (nSPS) is 22.3. The Morgan fingerprint density at radius 1 is 1.43 bits per heavy atom. The van der Waals surface area contributed by atoms with Crippen LogP contribution in [-0.2, 0) is 11.3 Å². The number of carbonyl (C=O) groups is 1. The molecule has 1 spiro atoms. The number of aromatic nitrogens is 3. The Kier molecular flexibility index (Phi) is 3.82. The maximum atomic E-state index is 12.2. The molecule has 6 nitrogen and oxygen atoms in total. The summed E-state index contributed by atoms with van der Waals surface area (Å²) in [5.41, 5.74) is 1.66. The first-order valence-corrected chi connectivity index (χ1v) is 8.66. The van der Waals surface area contributed by atoms with E-state index in [1.54, 1.807) is 18.5 Å². The van der Waals surface area contributed by atoms with Gasteiger partial charge in [0.15, 0.2) is 0 Å². The summed E-state index contributed by atoms with van der Waals surface area (Å²) >= 11 is 1.93. The third-order valence-corrected chi connectivity index (χ3v) is 5.94. The maximum absolute atomic E-state index is 12.2. The SMILES string of the molecule is O=C(c1ccn[nH]1)N1CC2(C[C@H](OCc3cccnc3)CS2)C1. The average Bonchev–Trinajstić information content (AvgIpc) is 3.22. The van der Waals surface area contributed by atoms with Gasteiger partial charge < -0.3 is 9.64 Å². The van der Waals surface area contributed by atoms with Crippen LogP contribution in [0.25, 0.3) is 0 Å². The van der Waals surface area contributed by atoms with Gasteiger partial charge in [0.25, 0.3) is 5.91 Å². The Bertz CT molecular complexity index is 671. The number of thioether (sulfide) groups is 1. The summed E-state index contributed by atoms with van der Waals surface area (Å²) in [6.45, 7) is 2.19. The second kappa shape index (κ2) is 5.98. The predicted molar refractivity (Wildman–Crippen MR) is 87.1 cm³/mol. The van der Waals surface area contributed by atoms with Crippen LogP contribution in [0, 0.1) is 0 Å². The van der Waals surface area contributed by atoms with Crippen molar-refractivity contribution in [1.29, 1.82) is 0 Å². The molecular weight excluding hydrogens is 312 g/mol. The summed E-state index contributed by atoms with van der Waals surface area (Å²) < 4.78 is 6.18. The first-order chi connectivity index (χ1) is 11.2. The molecule has 4 heterocycles. The second-order valence-corrected chi connectivity index (χ2v) is 7.61. The molecule has 2 aliphatic rings. The van der Waals surface area contributed by atoms with Crippen molar-refractivity contribution in [3.8, 4) is 0 Å². The Labute approximate surface area is 138 Å². The zero-order valence-electron chi connectivity index (χ0n) is 12.6. The topological polar surface area (TPSA) is 71.1 Å². The molecule has 4 rings (SSSR count). The fraction of sp³-hybridized carbons (Fsp3) is 0.438. The first kappa shape index (κ1) is 14.7. The third-order valence-electron chi connectivity index (χ3n) is 4.36. The number of carbonyl (C=O) groups excluding carboxylic acids is 1. The van der Waals surface area contributed by atoms with Crippen LogP contribution in [0.15, 0.2) is 36.8 Å². The monoisotopic (exact) mass is 330 g/mol. The molecule has 2 aromatic rings. The van der Waals surface area contributed by atoms with Gasteiger partial charge in [-0.2, -0.15) is 5.10 Å². The van der Waals surface area contributed by atoms with E-state index in [0.717, 1.165) is 30.8 Å². The van der Waals surface area contributed by atoms with Crippen LogP contribution in [0.2, 0.25) is 0 Å². The quantitative estimate of drug-likeness (QED) is 0.924. The number of nitrogens with one attached hydrogen (secondary N) is 1. The van der Waals surface area contributed by atoms with Crippen molar-refractivity contribution in [2.75, 3.05) is 18.8 Å². The van der Waals surface area contributed by atoms with E-state index in [2.05, 4.69) is 15.2 Å². The summed E-state index contributed by atoms with van der Waals surface area (Å²) in [6, 6.07) is 5.67. The molecule has 0 radical (unpaired) electrons. The number of nitrogens with zero attached hydrogens (tertiary/aromatic N) is 3. The van der Waals surface area contributed by atoms with E-state index in [9.17, 15) is 4.79 Å². The lowest BCUT2D eigenvalue weighted by Gasteiger charge is -2.47. The zero-order chi connectivity index (χ0) is 15.7. The highest BCUT2D eigenvalue weighted by Crippen LogP contribution is 2.46. The average molecular weight is 330 g/mol. The molecule has 1 atom stereocenters. The lowest BCUT2D eigenvalue weighted by atomic mass is 9.92. The van der Waals surface area contributed by atoms with Crippen LogP contribution in [0.4, 0.5) is 0 Å². The van der Waals surface area contributed by atoms with Gasteiger partial charge in [0.1, 0.15) is 5.69 Å². The molecule has 0 saturated carbocycles. The molecule has 0 unspecified atom stereocenters. The number of H-pyrrole nitrogens is 1. The van der Waals surface area contributed by atoms with E-state index in [1.807, 2.05) is 35.0 Å². The van der Waals surface area contributed by atoms with Gasteiger partial charge in [0.05, 0.1) is 17.5 Å². The van der Waals surface area contributed by atoms with E-state index in [0.29, 0.717) is 12.3 Å². The van der Waals surface area contributed by atoms with E-state index >= 15 is 0 Å². The number of pyridine rings is 1. The van der Waals surface area contributed by atoms with E-state index in [-0.39, 0.29) is 16.8 Å². The standard InChI is InChI=1S/C16H18N4O2S/c21-15(14-3-5-18-19-14)20-10-16(11-20)6-13(9-23-16)22-8-12-2-1-4-17-7-12/h1-5,7,13H,6,8-11H2,(H,18,19)/t13-/m0/s1. The molecule has 2 fully saturated rings. The molecule has 1 amide bonds. The lowest BCUT2D eigenvalue weighted by Crippen LogP contribution is -2.60. The van der Waals surface area contributed by atoms with Crippen molar-refractivity contribution in [2.24, 2.45) is 0 Å². The number of amides is 1. The molecule has 7 heteroatoms. The molecule has 0 bridgehead atoms. The van der Waals surface area contributed by atoms with Gasteiger partial charge in [-0.25, -0.2) is 0 Å². The van der Waals surface area contributed by atoms with Gasteiger partial charge >= 0.3 is 0 Å². The summed E-state index contributed by atoms with van der Waals surface area (Å²) in [6.07, 6.45) is 6.47. The van der Waals surface area contributed by atoms with Crippen molar-refractivity contribution in [1.82, 2.24) is 20.1 Å². The largest absolute Gasteiger partial charge is 0.373 e. The molecular formula is C16H18N4O2S. The van der Waals surface area contributed by atoms with Crippen LogP contribution in [0.3, 0.4) is 0 Å². The van der Waals surface area contributed by atoms with Crippen LogP contribution >= 0.6 is 11.8 Å². The molecule has 2 aromatic heterocycles. The Hall–Kier alpha value is -1.86. The molecule has 2 saturated heterocycles. The van der Waals surface area contributed by atoms with Crippen molar-refractivity contribution < 1.29 is 9.53 Å². The van der Waals surface area contributed by atoms with Gasteiger partial charge in [-0.1, -0.05) is 6.07 Å². The highest BCUT2D eigenvalue weighted by molar-refractivity contribution is 8.01. The van der Waals surface area contributed by atoms with Gasteiger partial charge in [-0.3, -0.25) is 14.9 Å². The summed E-state index contributed by atoms with van der Waals surface area (Å²) in [5, 5.41) is 6.57. The molecule has 120 valence electrons. The molecule has 0 aromatic carbocycles. The molecule has 2 aliphatic heterocycles. The summed E-state index contributed by atoms with van der Waals surface area (Å²) in [5.74, 6) is 1.03. The highest BCUT2D eigenvalue weighted by atomic mass is 32.2. The smallest absolute Gasteiger partial charge is 0.271 e. The minimum absolute atomic E-state index is 0.0356. The van der Waals surface area contributed by atoms with Crippen LogP contribution in [0.5, 0.6) is 0 Å². The number of hydrogen-bond acceptors (Lipinski definition) is 5. The minimum Gasteiger partial charge on any atom is -0.373 e. The Morgan fingerprint density at radius 2 is 2.35 bits per heavy atom. The zero-order valence-corrected chi connectivity index (χ0v) is 13.5. The van der Waals surface area contributed by atoms with Crippen LogP contribution in [-0.4, -0.2) is 55.7 Å². The minimum atomic E-state index is 0.0356. The van der Waals surface area contributed by atoms with Crippen molar-refractivity contribution >= 4 is 17.7 Å². The highest BCUT2D eigenvalue weighted by Gasteiger charge is 2.51. The number of aromatic amines is 1. The first-order valence-electron chi connectivity index (χ1n) is 7.67. The second-order valence-electron chi connectivity index (χ2n) is 6.12. The Balaban J connectivity index is 1.27. The van der Waals surface area contributed by atoms with Crippen molar-refractivity contribution in [3.63, 3.8) is 0 Å². The third kappa shape index (κ3) is 2.98. The number of likely N-dealkylation sites (tertiary alicyclic amines) is 1. The number of rotatable bonds is 4. The van der Waals surface area contributed by atoms with E-state index in [4.69, 9.17) is 4.74 Å². The fourth-order valence-corrected chi connectivity index (χ4v) is 4.72. The van der Waals surface area contributed by atoms with E-state index in [1.165, 1.54) is 0 Å². The summed E-state index contributed by atoms with van der Waals surface area (Å²) in [4.78, 5) is 18.2. The van der Waals surface area contributed by atoms with Gasteiger partial charge in [-0.15, -0.1) is 11.8 Å². The fourth-order valence-electron chi connectivity index (χ4n) is 3.17. The van der Waals surface area contributed by atoms with Crippen molar-refractivity contribution in [2.45, 2.75) is 23.9 Å². The van der Waals surface area contributed by atoms with Crippen LogP contribution < -0.4 is 0 Å². The summed E-state index contributed by atoms with van der Waals surface area (Å²) in [7, 11) is 0. The van der Waals surface area contributed by atoms with Gasteiger partial charge in [0, 0.05) is 37.4 Å². The molecule has 0 aliphatic carbocycles. The molecule has 23 heavy (non-hydrogen) atoms. The predicted octanol–water partition coefficient (Wildman–Crippen LogP) is 1.72. The Morgan fingerprint density at radius 3 is 3.09 bits per heavy atom. The molecule has 1 N–H and O–H groups in total. The van der Waals surface area contributed by atoms with Gasteiger partial charge in [-0.05, 0) is 24.1 Å². The number of hydrogen-bond donors (Lipinski definition) is 1. The van der Waals surface area contributed by atoms with Crippen molar-refractivity contribution in [3.05, 3.63) is 48.0 Å². The lowest BCUT2D eigenvalue weighted by molar-refractivity contribution is 0.0252.